The van der Waals surface area contributed by atoms with E-state index in [2.05, 4.69) is 15.5 Å². The molecule has 10 heteroatoms. The molecule has 1 unspecified atom stereocenters. The van der Waals surface area contributed by atoms with Crippen LogP contribution >= 0.6 is 0 Å². The van der Waals surface area contributed by atoms with Crippen molar-refractivity contribution in [3.8, 4) is 0 Å². The maximum atomic E-state index is 10.6. The van der Waals surface area contributed by atoms with Gasteiger partial charge in [-0.2, -0.15) is 13.2 Å². The van der Waals surface area contributed by atoms with Crippen LogP contribution in [0.25, 0.3) is 0 Å². The molecule has 0 aromatic carbocycles. The van der Waals surface area contributed by atoms with Gasteiger partial charge in [-0.05, 0) is 0 Å². The lowest BCUT2D eigenvalue weighted by Crippen LogP contribution is -2.33. The molecule has 1 aromatic heterocycles. The quantitative estimate of drug-likeness (QED) is 0.837. The normalized spacial score (nSPS) is 19.1. The zero-order valence-electron chi connectivity index (χ0n) is 10.6. The summed E-state index contributed by atoms with van der Waals surface area (Å²) in [7, 11) is 0. The van der Waals surface area contributed by atoms with E-state index in [1.807, 2.05) is 6.92 Å². The zero-order chi connectivity index (χ0) is 15.2. The summed E-state index contributed by atoms with van der Waals surface area (Å²) in [6, 6.07) is 0. The van der Waals surface area contributed by atoms with Crippen molar-refractivity contribution in [1.82, 2.24) is 15.5 Å². The largest absolute Gasteiger partial charge is 0.490 e. The minimum atomic E-state index is -5.08. The van der Waals surface area contributed by atoms with Crippen molar-refractivity contribution < 1.29 is 32.2 Å². The molecule has 1 aromatic rings. The third-order valence-electron chi connectivity index (χ3n) is 2.23. The van der Waals surface area contributed by atoms with Gasteiger partial charge in [0.1, 0.15) is 6.10 Å². The fourth-order valence-electron chi connectivity index (χ4n) is 1.26. The molecule has 20 heavy (non-hydrogen) atoms. The number of carboxylic acid groups (broad SMARTS) is 1. The third-order valence-corrected chi connectivity index (χ3v) is 2.23. The fourth-order valence-corrected chi connectivity index (χ4v) is 1.26. The van der Waals surface area contributed by atoms with Crippen LogP contribution in [-0.4, -0.2) is 47.1 Å². The van der Waals surface area contributed by atoms with Crippen LogP contribution in [0.15, 0.2) is 4.42 Å². The predicted molar refractivity (Wildman–Crippen MR) is 58.9 cm³/mol. The third kappa shape index (κ3) is 5.13. The van der Waals surface area contributed by atoms with Crippen LogP contribution in [0.5, 0.6) is 0 Å². The number of carbonyl (C=O) groups is 1. The van der Waals surface area contributed by atoms with Gasteiger partial charge in [-0.25, -0.2) is 4.79 Å². The van der Waals surface area contributed by atoms with Crippen LogP contribution in [0.2, 0.25) is 0 Å². The second-order valence-electron chi connectivity index (χ2n) is 3.75. The van der Waals surface area contributed by atoms with Crippen LogP contribution in [0.1, 0.15) is 24.8 Å². The molecule has 0 radical (unpaired) electrons. The van der Waals surface area contributed by atoms with Gasteiger partial charge < -0.3 is 19.6 Å². The average Bonchev–Trinajstić information content (AvgIpc) is 2.88. The topological polar surface area (TPSA) is 97.5 Å². The summed E-state index contributed by atoms with van der Waals surface area (Å²) in [6.45, 7) is 4.34. The highest BCUT2D eigenvalue weighted by atomic mass is 19.4. The predicted octanol–water partition coefficient (Wildman–Crippen LogP) is 0.926. The Morgan fingerprint density at radius 2 is 2.15 bits per heavy atom. The van der Waals surface area contributed by atoms with Crippen molar-refractivity contribution in [3.05, 3.63) is 11.8 Å². The first kappa shape index (κ1) is 16.4. The van der Waals surface area contributed by atoms with Gasteiger partial charge in [0.2, 0.25) is 11.8 Å². The maximum Gasteiger partial charge on any atom is 0.490 e. The number of morpholine rings is 1. The lowest BCUT2D eigenvalue weighted by atomic mass is 10.3. The Hall–Kier alpha value is -1.68. The van der Waals surface area contributed by atoms with Gasteiger partial charge in [0.05, 0.1) is 6.61 Å². The summed E-state index contributed by atoms with van der Waals surface area (Å²) >= 11 is 0. The first-order valence-electron chi connectivity index (χ1n) is 5.79. The fraction of sp³-hybridized carbons (Fsp3) is 0.700. The summed E-state index contributed by atoms with van der Waals surface area (Å²) in [5, 5.41) is 18.1. The minimum Gasteiger partial charge on any atom is -0.475 e. The van der Waals surface area contributed by atoms with Crippen LogP contribution in [0.4, 0.5) is 13.2 Å². The highest BCUT2D eigenvalue weighted by Gasteiger charge is 2.38. The first-order valence-corrected chi connectivity index (χ1v) is 5.79. The van der Waals surface area contributed by atoms with E-state index in [1.54, 1.807) is 0 Å². The number of halogens is 3. The van der Waals surface area contributed by atoms with E-state index in [9.17, 15) is 13.2 Å². The Labute approximate surface area is 112 Å². The monoisotopic (exact) mass is 297 g/mol. The Morgan fingerprint density at radius 1 is 1.50 bits per heavy atom. The number of hydrogen-bond donors (Lipinski definition) is 2. The Bertz CT molecular complexity index is 430. The van der Waals surface area contributed by atoms with Crippen molar-refractivity contribution in [3.63, 3.8) is 0 Å². The summed E-state index contributed by atoms with van der Waals surface area (Å²) in [4.78, 5) is 8.90. The van der Waals surface area contributed by atoms with Crippen LogP contribution in [-0.2, 0) is 16.0 Å². The van der Waals surface area contributed by atoms with E-state index in [0.717, 1.165) is 19.5 Å². The molecule has 7 nitrogen and oxygen atoms in total. The van der Waals surface area contributed by atoms with E-state index >= 15 is 0 Å². The van der Waals surface area contributed by atoms with Gasteiger partial charge in [0.25, 0.3) is 0 Å². The van der Waals surface area contributed by atoms with Crippen LogP contribution < -0.4 is 5.32 Å². The number of carboxylic acids is 1. The molecule has 1 atom stereocenters. The molecule has 0 bridgehead atoms. The lowest BCUT2D eigenvalue weighted by molar-refractivity contribution is -0.192. The van der Waals surface area contributed by atoms with Crippen molar-refractivity contribution >= 4 is 5.97 Å². The summed E-state index contributed by atoms with van der Waals surface area (Å²) in [5.74, 6) is -1.50. The van der Waals surface area contributed by atoms with Gasteiger partial charge >= 0.3 is 12.1 Å². The van der Waals surface area contributed by atoms with Gasteiger partial charge in [-0.3, -0.25) is 0 Å². The van der Waals surface area contributed by atoms with E-state index in [0.29, 0.717) is 18.4 Å². The Balaban J connectivity index is 0.000000246. The van der Waals surface area contributed by atoms with Gasteiger partial charge in [-0.1, -0.05) is 6.92 Å². The van der Waals surface area contributed by atoms with Gasteiger partial charge in [0, 0.05) is 19.5 Å². The summed E-state index contributed by atoms with van der Waals surface area (Å²) in [5.41, 5.74) is 0. The van der Waals surface area contributed by atoms with Crippen LogP contribution in [0, 0.1) is 0 Å². The second-order valence-corrected chi connectivity index (χ2v) is 3.75. The van der Waals surface area contributed by atoms with Gasteiger partial charge in [-0.15, -0.1) is 10.2 Å². The highest BCUT2D eigenvalue weighted by Crippen LogP contribution is 2.17. The molecule has 114 valence electrons. The zero-order valence-corrected chi connectivity index (χ0v) is 10.6. The number of aryl methyl sites for hydroxylation is 1. The highest BCUT2D eigenvalue weighted by molar-refractivity contribution is 5.73. The smallest absolute Gasteiger partial charge is 0.475 e. The number of ether oxygens (including phenoxy) is 1. The summed E-state index contributed by atoms with van der Waals surface area (Å²) < 4.78 is 42.6. The molecule has 2 heterocycles. The number of hydrogen-bond acceptors (Lipinski definition) is 6. The molecule has 0 amide bonds. The molecule has 0 aliphatic carbocycles. The van der Waals surface area contributed by atoms with Gasteiger partial charge in [0.15, 0.2) is 0 Å². The van der Waals surface area contributed by atoms with Crippen molar-refractivity contribution in [1.29, 1.82) is 0 Å². The number of rotatable bonds is 2. The summed E-state index contributed by atoms with van der Waals surface area (Å²) in [6.07, 6.45) is -4.38. The van der Waals surface area contributed by atoms with Crippen molar-refractivity contribution in [2.45, 2.75) is 25.6 Å². The van der Waals surface area contributed by atoms with E-state index in [4.69, 9.17) is 19.1 Å². The number of alkyl halides is 3. The Morgan fingerprint density at radius 3 is 2.55 bits per heavy atom. The van der Waals surface area contributed by atoms with Crippen molar-refractivity contribution in [2.75, 3.05) is 19.7 Å². The van der Waals surface area contributed by atoms with Crippen LogP contribution in [0.3, 0.4) is 0 Å². The van der Waals surface area contributed by atoms with E-state index in [1.165, 1.54) is 0 Å². The molecule has 0 saturated carbocycles. The molecular weight excluding hydrogens is 283 g/mol. The number of nitrogens with zero attached hydrogens (tertiary/aromatic N) is 2. The number of aliphatic carboxylic acids is 1. The molecule has 2 rings (SSSR count). The maximum absolute atomic E-state index is 10.6. The minimum absolute atomic E-state index is 0.0680. The molecule has 1 fully saturated rings. The lowest BCUT2D eigenvalue weighted by Gasteiger charge is -2.20. The van der Waals surface area contributed by atoms with Crippen molar-refractivity contribution in [2.24, 2.45) is 0 Å². The molecular formula is C10H14F3N3O4. The SMILES string of the molecule is CCc1nnc(C2CNCCO2)o1.O=C(O)C(F)(F)F. The molecule has 0 spiro atoms. The second kappa shape index (κ2) is 7.20. The molecule has 1 aliphatic heterocycles. The number of aromatic nitrogens is 2. The number of nitrogens with one attached hydrogen (secondary N) is 1. The first-order chi connectivity index (χ1) is 9.34. The Kier molecular flexibility index (Phi) is 5.89. The molecule has 1 aliphatic rings. The standard InChI is InChI=1S/C8H13N3O2.C2HF3O2/c1-2-7-10-11-8(13-7)6-5-9-3-4-12-6;3-2(4,5)1(6)7/h6,9H,2-5H2,1H3;(H,6,7). The molecule has 2 N–H and O–H groups in total. The van der Waals surface area contributed by atoms with E-state index < -0.39 is 12.1 Å². The average molecular weight is 297 g/mol. The molecule has 1 saturated heterocycles. The van der Waals surface area contributed by atoms with E-state index in [-0.39, 0.29) is 6.10 Å².